The van der Waals surface area contributed by atoms with Gasteiger partial charge in [-0.2, -0.15) is 0 Å². The van der Waals surface area contributed by atoms with E-state index in [1.165, 1.54) is 43.5 Å². The van der Waals surface area contributed by atoms with Crippen LogP contribution in [0.3, 0.4) is 0 Å². The van der Waals surface area contributed by atoms with Crippen molar-refractivity contribution in [3.05, 3.63) is 64.4 Å². The highest BCUT2D eigenvalue weighted by atomic mass is 35.5. The van der Waals surface area contributed by atoms with Gasteiger partial charge in [0.25, 0.3) is 11.8 Å². The number of carbonyl (C=O) groups excluding carboxylic acids is 2. The predicted octanol–water partition coefficient (Wildman–Crippen LogP) is 2.00. The maximum atomic E-state index is 13.2. The van der Waals surface area contributed by atoms with Crippen molar-refractivity contribution in [1.82, 2.24) is 14.5 Å². The highest BCUT2D eigenvalue weighted by molar-refractivity contribution is 7.89. The van der Waals surface area contributed by atoms with Gasteiger partial charge in [0.15, 0.2) is 0 Å². The van der Waals surface area contributed by atoms with E-state index in [0.717, 1.165) is 6.07 Å². The number of sulfonamides is 1. The molecule has 2 aromatic rings. The molecule has 0 radical (unpaired) electrons. The van der Waals surface area contributed by atoms with E-state index < -0.39 is 15.8 Å². The summed E-state index contributed by atoms with van der Waals surface area (Å²) in [5.74, 6) is -1.10. The minimum Gasteiger partial charge on any atom is -0.383 e. The van der Waals surface area contributed by atoms with Gasteiger partial charge in [0.05, 0.1) is 22.1 Å². The normalized spacial score (nSPS) is 14.5. The van der Waals surface area contributed by atoms with Crippen LogP contribution in [-0.4, -0.2) is 76.5 Å². The Balaban J connectivity index is 1.60. The highest BCUT2D eigenvalue weighted by Crippen LogP contribution is 2.20. The molecule has 1 N–H and O–H groups in total. The van der Waals surface area contributed by atoms with E-state index in [2.05, 4.69) is 4.72 Å². The summed E-state index contributed by atoms with van der Waals surface area (Å²) in [6, 6.07) is 9.28. The molecule has 3 rings (SSSR count). The number of piperazine rings is 1. The number of methoxy groups -OCH3 is 1. The van der Waals surface area contributed by atoms with Crippen molar-refractivity contribution >= 4 is 33.4 Å². The quantitative estimate of drug-likeness (QED) is 0.608. The van der Waals surface area contributed by atoms with E-state index in [-0.39, 0.29) is 40.4 Å². The van der Waals surface area contributed by atoms with Crippen molar-refractivity contribution in [3.63, 3.8) is 0 Å². The van der Waals surface area contributed by atoms with Gasteiger partial charge in [-0.05, 0) is 42.5 Å². The fraction of sp³-hybridized carbons (Fsp3) is 0.333. The summed E-state index contributed by atoms with van der Waals surface area (Å²) >= 11 is 5.98. The summed E-state index contributed by atoms with van der Waals surface area (Å²) in [7, 11) is -2.21. The van der Waals surface area contributed by atoms with Gasteiger partial charge in [-0.15, -0.1) is 0 Å². The molecule has 1 saturated heterocycles. The number of nitrogens with zero attached hydrogens (tertiary/aromatic N) is 2. The fourth-order valence-corrected chi connectivity index (χ4v) is 4.53. The average Bonchev–Trinajstić information content (AvgIpc) is 2.78. The first kappa shape index (κ1) is 24.1. The van der Waals surface area contributed by atoms with Crippen molar-refractivity contribution < 1.29 is 27.1 Å². The van der Waals surface area contributed by atoms with Crippen LogP contribution in [0.1, 0.15) is 20.7 Å². The molecule has 0 unspecified atom stereocenters. The van der Waals surface area contributed by atoms with Crippen LogP contribution in [0.4, 0.5) is 4.39 Å². The molecule has 1 aliphatic rings. The van der Waals surface area contributed by atoms with Gasteiger partial charge in [0, 0.05) is 45.4 Å². The summed E-state index contributed by atoms with van der Waals surface area (Å²) in [5, 5.41) is 0.0419. The van der Waals surface area contributed by atoms with E-state index in [9.17, 15) is 22.4 Å². The van der Waals surface area contributed by atoms with E-state index in [0.29, 0.717) is 31.7 Å². The van der Waals surface area contributed by atoms with Gasteiger partial charge >= 0.3 is 0 Å². The lowest BCUT2D eigenvalue weighted by molar-refractivity contribution is 0.0535. The molecule has 8 nitrogen and oxygen atoms in total. The number of benzene rings is 2. The Kier molecular flexibility index (Phi) is 7.83. The minimum atomic E-state index is -3.68. The first-order valence-electron chi connectivity index (χ1n) is 9.85. The Morgan fingerprint density at radius 2 is 1.62 bits per heavy atom. The summed E-state index contributed by atoms with van der Waals surface area (Å²) in [5.41, 5.74) is 0.561. The maximum absolute atomic E-state index is 13.2. The van der Waals surface area contributed by atoms with Crippen LogP contribution in [0, 0.1) is 5.82 Å². The van der Waals surface area contributed by atoms with Crippen LogP contribution in [0.2, 0.25) is 5.02 Å². The van der Waals surface area contributed by atoms with Crippen LogP contribution in [-0.2, 0) is 14.8 Å². The Bertz CT molecular complexity index is 1090. The van der Waals surface area contributed by atoms with Crippen LogP contribution in [0.15, 0.2) is 47.4 Å². The van der Waals surface area contributed by atoms with E-state index in [4.69, 9.17) is 16.3 Å². The molecule has 1 fully saturated rings. The van der Waals surface area contributed by atoms with Crippen LogP contribution < -0.4 is 4.72 Å². The Labute approximate surface area is 191 Å². The molecule has 1 heterocycles. The Hall–Kier alpha value is -2.53. The summed E-state index contributed by atoms with van der Waals surface area (Å²) in [6.45, 7) is 1.61. The van der Waals surface area contributed by atoms with Crippen molar-refractivity contribution in [2.45, 2.75) is 4.90 Å². The van der Waals surface area contributed by atoms with Crippen LogP contribution in [0.25, 0.3) is 0 Å². The number of hydrogen-bond donors (Lipinski definition) is 1. The molecule has 2 amide bonds. The lowest BCUT2D eigenvalue weighted by atomic mass is 10.1. The molecule has 32 heavy (non-hydrogen) atoms. The van der Waals surface area contributed by atoms with E-state index >= 15 is 0 Å². The third-order valence-electron chi connectivity index (χ3n) is 5.03. The van der Waals surface area contributed by atoms with Gasteiger partial charge in [0.1, 0.15) is 5.82 Å². The van der Waals surface area contributed by atoms with Crippen molar-refractivity contribution in [2.24, 2.45) is 0 Å². The third kappa shape index (κ3) is 5.63. The lowest BCUT2D eigenvalue weighted by Gasteiger charge is -2.35. The molecule has 1 aliphatic heterocycles. The third-order valence-corrected chi connectivity index (χ3v) is 6.82. The smallest absolute Gasteiger partial charge is 0.255 e. The number of ether oxygens (including phenoxy) is 1. The highest BCUT2D eigenvalue weighted by Gasteiger charge is 2.27. The van der Waals surface area contributed by atoms with Crippen molar-refractivity contribution in [2.75, 3.05) is 46.4 Å². The monoisotopic (exact) mass is 483 g/mol. The molecule has 172 valence electrons. The van der Waals surface area contributed by atoms with Gasteiger partial charge in [0.2, 0.25) is 10.0 Å². The van der Waals surface area contributed by atoms with E-state index in [1.54, 1.807) is 9.80 Å². The number of nitrogens with one attached hydrogen (secondary N) is 1. The number of carbonyl (C=O) groups is 2. The zero-order valence-corrected chi connectivity index (χ0v) is 19.0. The molecule has 2 aromatic carbocycles. The summed E-state index contributed by atoms with van der Waals surface area (Å²) in [6.07, 6.45) is 0. The van der Waals surface area contributed by atoms with Crippen LogP contribution in [0.5, 0.6) is 0 Å². The van der Waals surface area contributed by atoms with E-state index in [1.807, 2.05) is 0 Å². The lowest BCUT2D eigenvalue weighted by Crippen LogP contribution is -2.50. The zero-order chi connectivity index (χ0) is 23.3. The topological polar surface area (TPSA) is 96.0 Å². The molecule has 0 aromatic heterocycles. The van der Waals surface area contributed by atoms with Crippen molar-refractivity contribution in [3.8, 4) is 0 Å². The standard InChI is InChI=1S/C21H23ClFN3O5S/c1-31-13-8-24-32(29,30)17-5-2-15(3-6-17)20(27)25-9-11-26(12-10-25)21(28)18-7-4-16(23)14-19(18)22/h2-7,14,24H,8-13H2,1H3. The Morgan fingerprint density at radius 3 is 2.19 bits per heavy atom. The number of hydrogen-bond acceptors (Lipinski definition) is 5. The van der Waals surface area contributed by atoms with Gasteiger partial charge < -0.3 is 14.5 Å². The second-order valence-corrected chi connectivity index (χ2v) is 9.30. The number of amides is 2. The second kappa shape index (κ2) is 10.4. The SMILES string of the molecule is COCCNS(=O)(=O)c1ccc(C(=O)N2CCN(C(=O)c3ccc(F)cc3Cl)CC2)cc1. The number of rotatable bonds is 7. The predicted molar refractivity (Wildman–Crippen MR) is 117 cm³/mol. The Morgan fingerprint density at radius 1 is 1.03 bits per heavy atom. The van der Waals surface area contributed by atoms with Crippen molar-refractivity contribution in [1.29, 1.82) is 0 Å². The second-order valence-electron chi connectivity index (χ2n) is 7.12. The largest absolute Gasteiger partial charge is 0.383 e. The minimum absolute atomic E-state index is 0.0419. The molecule has 0 spiro atoms. The molecule has 0 bridgehead atoms. The zero-order valence-electron chi connectivity index (χ0n) is 17.4. The molecular formula is C21H23ClFN3O5S. The first-order valence-corrected chi connectivity index (χ1v) is 11.7. The number of halogens is 2. The first-order chi connectivity index (χ1) is 15.2. The van der Waals surface area contributed by atoms with Gasteiger partial charge in [-0.3, -0.25) is 9.59 Å². The van der Waals surface area contributed by atoms with Crippen LogP contribution >= 0.6 is 11.6 Å². The molecule has 0 saturated carbocycles. The molecule has 11 heteroatoms. The van der Waals surface area contributed by atoms with Gasteiger partial charge in [-0.25, -0.2) is 17.5 Å². The summed E-state index contributed by atoms with van der Waals surface area (Å²) in [4.78, 5) is 28.6. The average molecular weight is 484 g/mol. The maximum Gasteiger partial charge on any atom is 0.255 e. The molecule has 0 aliphatic carbocycles. The summed E-state index contributed by atoms with van der Waals surface area (Å²) < 4.78 is 44.9. The fourth-order valence-electron chi connectivity index (χ4n) is 3.27. The molecule has 0 atom stereocenters. The molecular weight excluding hydrogens is 461 g/mol. The van der Waals surface area contributed by atoms with Gasteiger partial charge in [-0.1, -0.05) is 11.6 Å².